The molecule has 0 aliphatic heterocycles. The number of amides is 1. The van der Waals surface area contributed by atoms with Crippen LogP contribution in [0.15, 0.2) is 48.5 Å². The number of aryl methyl sites for hydroxylation is 3. The van der Waals surface area contributed by atoms with Crippen LogP contribution in [0.25, 0.3) is 11.0 Å². The molecule has 3 rings (SSSR count). The van der Waals surface area contributed by atoms with Crippen molar-refractivity contribution < 1.29 is 4.79 Å². The van der Waals surface area contributed by atoms with Crippen LogP contribution in [0.1, 0.15) is 125 Å². The predicted octanol–water partition coefficient (Wildman–Crippen LogP) is 9.19. The number of unbranched alkanes of at least 4 members (excludes halogenated alkanes) is 13. The molecule has 0 aliphatic rings. The predicted molar refractivity (Wildman–Crippen MR) is 162 cm³/mol. The first kappa shape index (κ1) is 29.9. The lowest BCUT2D eigenvalue weighted by Gasteiger charge is -2.10. The molecule has 1 amide bonds. The minimum absolute atomic E-state index is 0.000844. The summed E-state index contributed by atoms with van der Waals surface area (Å²) in [5, 5.41) is 3.06. The lowest BCUT2D eigenvalue weighted by atomic mass is 10.0. The summed E-state index contributed by atoms with van der Waals surface area (Å²) >= 11 is 0. The van der Waals surface area contributed by atoms with E-state index in [1.807, 2.05) is 31.2 Å². The number of carbonyl (C=O) groups excluding carboxylic acids is 1. The second kappa shape index (κ2) is 17.8. The number of benzene rings is 2. The second-order valence-corrected chi connectivity index (χ2v) is 11.0. The number of para-hydroxylation sites is 2. The van der Waals surface area contributed by atoms with Crippen LogP contribution in [0.3, 0.4) is 0 Å². The van der Waals surface area contributed by atoms with Gasteiger partial charge >= 0.3 is 0 Å². The van der Waals surface area contributed by atoms with Crippen molar-refractivity contribution >= 4 is 16.9 Å². The van der Waals surface area contributed by atoms with Gasteiger partial charge in [-0.1, -0.05) is 120 Å². The fraction of sp³-hybridized carbons (Fsp3) is 0.588. The molecule has 0 saturated carbocycles. The third-order valence-electron chi connectivity index (χ3n) is 7.65. The van der Waals surface area contributed by atoms with Crippen LogP contribution < -0.4 is 5.32 Å². The molecule has 0 unspecified atom stereocenters. The van der Waals surface area contributed by atoms with Gasteiger partial charge in [0.15, 0.2) is 0 Å². The van der Waals surface area contributed by atoms with Crippen LogP contribution >= 0.6 is 0 Å². The molecule has 3 aromatic rings. The van der Waals surface area contributed by atoms with Crippen LogP contribution in [0, 0.1) is 6.92 Å². The molecule has 38 heavy (non-hydrogen) atoms. The van der Waals surface area contributed by atoms with Gasteiger partial charge in [0, 0.05) is 25.1 Å². The van der Waals surface area contributed by atoms with Gasteiger partial charge in [-0.25, -0.2) is 4.98 Å². The third-order valence-corrected chi connectivity index (χ3v) is 7.65. The Morgan fingerprint density at radius 3 is 1.95 bits per heavy atom. The Labute approximate surface area is 231 Å². The molecule has 4 nitrogen and oxygen atoms in total. The quantitative estimate of drug-likeness (QED) is 0.152. The van der Waals surface area contributed by atoms with E-state index >= 15 is 0 Å². The van der Waals surface area contributed by atoms with Crippen molar-refractivity contribution in [3.05, 3.63) is 65.5 Å². The van der Waals surface area contributed by atoms with Crippen molar-refractivity contribution in [1.82, 2.24) is 14.9 Å². The van der Waals surface area contributed by atoms with Crippen LogP contribution in [0.4, 0.5) is 0 Å². The third kappa shape index (κ3) is 10.6. The van der Waals surface area contributed by atoms with Gasteiger partial charge in [0.25, 0.3) is 5.91 Å². The minimum atomic E-state index is 0.000844. The number of rotatable bonds is 20. The Kier molecular flexibility index (Phi) is 14.0. The van der Waals surface area contributed by atoms with Gasteiger partial charge in [-0.3, -0.25) is 4.79 Å². The normalized spacial score (nSPS) is 11.3. The van der Waals surface area contributed by atoms with Gasteiger partial charge in [-0.05, 0) is 44.0 Å². The van der Waals surface area contributed by atoms with Crippen molar-refractivity contribution in [3.8, 4) is 0 Å². The average Bonchev–Trinajstić information content (AvgIpc) is 3.28. The molecule has 0 aliphatic carbocycles. The number of aromatic nitrogens is 2. The summed E-state index contributed by atoms with van der Waals surface area (Å²) in [4.78, 5) is 17.3. The smallest absolute Gasteiger partial charge is 0.251 e. The monoisotopic (exact) mass is 517 g/mol. The van der Waals surface area contributed by atoms with Gasteiger partial charge in [-0.15, -0.1) is 0 Å². The van der Waals surface area contributed by atoms with E-state index in [0.29, 0.717) is 6.54 Å². The Morgan fingerprint density at radius 1 is 0.737 bits per heavy atom. The summed E-state index contributed by atoms with van der Waals surface area (Å²) in [6.45, 7) is 6.02. The van der Waals surface area contributed by atoms with Crippen LogP contribution in [0.5, 0.6) is 0 Å². The zero-order chi connectivity index (χ0) is 26.8. The number of hydrogen-bond donors (Lipinski definition) is 1. The van der Waals surface area contributed by atoms with Crippen LogP contribution in [0.2, 0.25) is 0 Å². The molecule has 4 heteroatoms. The summed E-state index contributed by atoms with van der Waals surface area (Å²) in [6.07, 6.45) is 21.1. The summed E-state index contributed by atoms with van der Waals surface area (Å²) in [7, 11) is 0. The van der Waals surface area contributed by atoms with Crippen LogP contribution in [-0.4, -0.2) is 22.0 Å². The van der Waals surface area contributed by atoms with E-state index in [-0.39, 0.29) is 5.91 Å². The Bertz CT molecular complexity index is 1050. The Hall–Kier alpha value is -2.62. The van der Waals surface area contributed by atoms with E-state index in [2.05, 4.69) is 41.1 Å². The van der Waals surface area contributed by atoms with Gasteiger partial charge in [0.05, 0.1) is 11.0 Å². The first-order valence-corrected chi connectivity index (χ1v) is 15.5. The van der Waals surface area contributed by atoms with Crippen molar-refractivity contribution in [2.75, 3.05) is 6.54 Å². The summed E-state index contributed by atoms with van der Waals surface area (Å²) in [6, 6.07) is 16.2. The number of hydrogen-bond acceptors (Lipinski definition) is 2. The molecule has 208 valence electrons. The number of nitrogens with one attached hydrogen (secondary N) is 1. The summed E-state index contributed by atoms with van der Waals surface area (Å²) in [5.41, 5.74) is 4.21. The Morgan fingerprint density at radius 2 is 1.32 bits per heavy atom. The number of imidazole rings is 1. The van der Waals surface area contributed by atoms with Crippen molar-refractivity contribution in [2.45, 2.75) is 123 Å². The molecular formula is C34H51N3O. The average molecular weight is 518 g/mol. The molecular weight excluding hydrogens is 466 g/mol. The van der Waals surface area contributed by atoms with E-state index in [4.69, 9.17) is 4.98 Å². The Balaban J connectivity index is 1.32. The fourth-order valence-electron chi connectivity index (χ4n) is 5.29. The van der Waals surface area contributed by atoms with Gasteiger partial charge in [0.1, 0.15) is 5.82 Å². The van der Waals surface area contributed by atoms with E-state index < -0.39 is 0 Å². The molecule has 2 aromatic carbocycles. The highest BCUT2D eigenvalue weighted by atomic mass is 16.1. The topological polar surface area (TPSA) is 46.9 Å². The molecule has 0 radical (unpaired) electrons. The SMILES string of the molecule is CCCCCCCCCCCCCCCCn1c(CCCNC(=O)c2ccc(C)cc2)nc2ccccc21. The van der Waals surface area contributed by atoms with E-state index in [1.165, 1.54) is 101 Å². The lowest BCUT2D eigenvalue weighted by molar-refractivity contribution is 0.0953. The van der Waals surface area contributed by atoms with Crippen molar-refractivity contribution in [1.29, 1.82) is 0 Å². The first-order chi connectivity index (χ1) is 18.7. The molecule has 0 bridgehead atoms. The van der Waals surface area contributed by atoms with Crippen molar-refractivity contribution in [3.63, 3.8) is 0 Å². The maximum Gasteiger partial charge on any atom is 0.251 e. The maximum atomic E-state index is 12.4. The highest BCUT2D eigenvalue weighted by Crippen LogP contribution is 2.19. The van der Waals surface area contributed by atoms with Gasteiger partial charge in [-0.2, -0.15) is 0 Å². The highest BCUT2D eigenvalue weighted by molar-refractivity contribution is 5.94. The largest absolute Gasteiger partial charge is 0.352 e. The van der Waals surface area contributed by atoms with Gasteiger partial charge in [0.2, 0.25) is 0 Å². The first-order valence-electron chi connectivity index (χ1n) is 15.5. The summed E-state index contributed by atoms with van der Waals surface area (Å²) < 4.78 is 2.41. The lowest BCUT2D eigenvalue weighted by Crippen LogP contribution is -2.25. The fourth-order valence-corrected chi connectivity index (χ4v) is 5.29. The molecule has 1 heterocycles. The number of carbonyl (C=O) groups is 1. The van der Waals surface area contributed by atoms with E-state index in [1.54, 1.807) is 0 Å². The molecule has 1 N–H and O–H groups in total. The molecule has 0 spiro atoms. The standard InChI is InChI=1S/C34H51N3O/c1-3-4-5-6-7-8-9-10-11-12-13-14-15-18-28-37-32-21-17-16-20-31(32)36-33(37)22-19-27-35-34(38)30-25-23-29(2)24-26-30/h16-17,20-21,23-26H,3-15,18-19,22,27-28H2,1-2H3,(H,35,38). The molecule has 0 fully saturated rings. The minimum Gasteiger partial charge on any atom is -0.352 e. The summed E-state index contributed by atoms with van der Waals surface area (Å²) in [5.74, 6) is 1.14. The number of fused-ring (bicyclic) bond motifs is 1. The van der Waals surface area contributed by atoms with Crippen molar-refractivity contribution in [2.24, 2.45) is 0 Å². The van der Waals surface area contributed by atoms with Gasteiger partial charge < -0.3 is 9.88 Å². The molecule has 1 aromatic heterocycles. The van der Waals surface area contributed by atoms with Crippen LogP contribution in [-0.2, 0) is 13.0 Å². The highest BCUT2D eigenvalue weighted by Gasteiger charge is 2.11. The zero-order valence-corrected chi connectivity index (χ0v) is 24.1. The molecule has 0 atom stereocenters. The number of nitrogens with zero attached hydrogens (tertiary/aromatic N) is 2. The zero-order valence-electron chi connectivity index (χ0n) is 24.1. The second-order valence-electron chi connectivity index (χ2n) is 11.0. The van der Waals surface area contributed by atoms with E-state index in [0.717, 1.165) is 36.3 Å². The maximum absolute atomic E-state index is 12.4. The van der Waals surface area contributed by atoms with E-state index in [9.17, 15) is 4.79 Å². The molecule has 0 saturated heterocycles.